The Morgan fingerprint density at radius 1 is 1.62 bits per heavy atom. The molecule has 0 spiro atoms. The molecule has 1 aliphatic rings. The topological polar surface area (TPSA) is 58.6 Å². The van der Waals surface area contributed by atoms with Crippen molar-refractivity contribution >= 4 is 5.97 Å². The lowest BCUT2D eigenvalue weighted by molar-refractivity contribution is -0.143. The minimum Gasteiger partial charge on any atom is -0.466 e. The van der Waals surface area contributed by atoms with Gasteiger partial charge < -0.3 is 15.2 Å². The minimum absolute atomic E-state index is 0.139. The highest BCUT2D eigenvalue weighted by molar-refractivity contribution is 5.69. The van der Waals surface area contributed by atoms with E-state index in [0.717, 1.165) is 12.8 Å². The standard InChI is InChI=1S/C9H17NO3/c1-2-13-9(12)3-4-10-7-5-8(11)6-7/h7-8,10-11H,2-6H2,1H3. The van der Waals surface area contributed by atoms with Gasteiger partial charge in [0, 0.05) is 12.6 Å². The number of aliphatic hydroxyl groups is 1. The minimum atomic E-state index is -0.158. The normalized spacial score (nSPS) is 26.6. The van der Waals surface area contributed by atoms with Crippen molar-refractivity contribution in [3.8, 4) is 0 Å². The van der Waals surface area contributed by atoms with E-state index in [9.17, 15) is 4.79 Å². The van der Waals surface area contributed by atoms with Crippen LogP contribution in [0.25, 0.3) is 0 Å². The molecule has 1 saturated carbocycles. The fourth-order valence-electron chi connectivity index (χ4n) is 1.37. The number of hydrogen-bond donors (Lipinski definition) is 2. The smallest absolute Gasteiger partial charge is 0.307 e. The van der Waals surface area contributed by atoms with Gasteiger partial charge in [0.15, 0.2) is 0 Å². The number of esters is 1. The second kappa shape index (κ2) is 5.19. The van der Waals surface area contributed by atoms with Gasteiger partial charge in [0.05, 0.1) is 19.1 Å². The summed E-state index contributed by atoms with van der Waals surface area (Å²) in [4.78, 5) is 10.9. The van der Waals surface area contributed by atoms with E-state index in [2.05, 4.69) is 5.32 Å². The fourth-order valence-corrected chi connectivity index (χ4v) is 1.37. The van der Waals surface area contributed by atoms with Crippen molar-refractivity contribution in [1.29, 1.82) is 0 Å². The van der Waals surface area contributed by atoms with Gasteiger partial charge in [-0.15, -0.1) is 0 Å². The first kappa shape index (κ1) is 10.5. The largest absolute Gasteiger partial charge is 0.466 e. The predicted octanol–water partition coefficient (Wildman–Crippen LogP) is 0.0525. The molecule has 0 heterocycles. The molecule has 0 aliphatic heterocycles. The Bertz CT molecular complexity index is 166. The molecule has 0 atom stereocenters. The Morgan fingerprint density at radius 3 is 2.85 bits per heavy atom. The number of aliphatic hydroxyl groups excluding tert-OH is 1. The molecule has 4 nitrogen and oxygen atoms in total. The molecule has 0 aromatic heterocycles. The average Bonchev–Trinajstić information content (AvgIpc) is 2.01. The molecule has 1 fully saturated rings. The number of rotatable bonds is 5. The van der Waals surface area contributed by atoms with E-state index >= 15 is 0 Å². The molecule has 4 heteroatoms. The van der Waals surface area contributed by atoms with Gasteiger partial charge in [-0.1, -0.05) is 0 Å². The van der Waals surface area contributed by atoms with Gasteiger partial charge >= 0.3 is 5.97 Å². The second-order valence-electron chi connectivity index (χ2n) is 3.33. The molecule has 13 heavy (non-hydrogen) atoms. The summed E-state index contributed by atoms with van der Waals surface area (Å²) in [7, 11) is 0. The molecule has 1 aliphatic carbocycles. The zero-order valence-electron chi connectivity index (χ0n) is 7.95. The fraction of sp³-hybridized carbons (Fsp3) is 0.889. The van der Waals surface area contributed by atoms with Crippen LogP contribution < -0.4 is 5.32 Å². The second-order valence-corrected chi connectivity index (χ2v) is 3.33. The third-order valence-electron chi connectivity index (χ3n) is 2.18. The van der Waals surface area contributed by atoms with E-state index in [1.807, 2.05) is 0 Å². The molecule has 0 bridgehead atoms. The molecule has 0 unspecified atom stereocenters. The van der Waals surface area contributed by atoms with Crippen molar-refractivity contribution in [2.24, 2.45) is 0 Å². The molecular weight excluding hydrogens is 170 g/mol. The molecule has 0 radical (unpaired) electrons. The predicted molar refractivity (Wildman–Crippen MR) is 48.3 cm³/mol. The maximum atomic E-state index is 10.9. The van der Waals surface area contributed by atoms with Crippen LogP contribution in [0.15, 0.2) is 0 Å². The Kier molecular flexibility index (Phi) is 4.18. The van der Waals surface area contributed by atoms with Crippen molar-refractivity contribution in [2.45, 2.75) is 38.3 Å². The monoisotopic (exact) mass is 187 g/mol. The molecule has 1 rings (SSSR count). The number of hydrogen-bond acceptors (Lipinski definition) is 4. The number of ether oxygens (including phenoxy) is 1. The van der Waals surface area contributed by atoms with E-state index in [1.165, 1.54) is 0 Å². The van der Waals surface area contributed by atoms with Crippen LogP contribution in [0.4, 0.5) is 0 Å². The summed E-state index contributed by atoms with van der Waals surface area (Å²) in [5, 5.41) is 12.2. The summed E-state index contributed by atoms with van der Waals surface area (Å²) in [5.41, 5.74) is 0. The van der Waals surface area contributed by atoms with E-state index in [4.69, 9.17) is 9.84 Å². The lowest BCUT2D eigenvalue weighted by Gasteiger charge is -2.32. The quantitative estimate of drug-likeness (QED) is 0.597. The van der Waals surface area contributed by atoms with Crippen molar-refractivity contribution in [1.82, 2.24) is 5.32 Å². The van der Waals surface area contributed by atoms with Gasteiger partial charge in [0.25, 0.3) is 0 Å². The third kappa shape index (κ3) is 3.74. The Balaban J connectivity index is 1.92. The van der Waals surface area contributed by atoms with Crippen molar-refractivity contribution < 1.29 is 14.6 Å². The SMILES string of the molecule is CCOC(=O)CCNC1CC(O)C1. The van der Waals surface area contributed by atoms with Crippen LogP contribution >= 0.6 is 0 Å². The van der Waals surface area contributed by atoms with Crippen molar-refractivity contribution in [3.63, 3.8) is 0 Å². The van der Waals surface area contributed by atoms with Gasteiger partial charge in [0.2, 0.25) is 0 Å². The molecular formula is C9H17NO3. The molecule has 0 aromatic carbocycles. The summed E-state index contributed by atoms with van der Waals surface area (Å²) in [6.07, 6.45) is 1.90. The van der Waals surface area contributed by atoms with Crippen molar-refractivity contribution in [2.75, 3.05) is 13.2 Å². The average molecular weight is 187 g/mol. The first-order valence-corrected chi connectivity index (χ1v) is 4.79. The van der Waals surface area contributed by atoms with Gasteiger partial charge in [-0.2, -0.15) is 0 Å². The number of carbonyl (C=O) groups excluding carboxylic acids is 1. The summed E-state index contributed by atoms with van der Waals surface area (Å²) in [6.45, 7) is 2.89. The summed E-state index contributed by atoms with van der Waals surface area (Å²) in [5.74, 6) is -0.158. The van der Waals surface area contributed by atoms with Crippen LogP contribution in [-0.4, -0.2) is 36.4 Å². The van der Waals surface area contributed by atoms with Crippen LogP contribution in [0.2, 0.25) is 0 Å². The molecule has 0 saturated heterocycles. The maximum absolute atomic E-state index is 10.9. The summed E-state index contributed by atoms with van der Waals surface area (Å²) >= 11 is 0. The van der Waals surface area contributed by atoms with Crippen LogP contribution in [-0.2, 0) is 9.53 Å². The van der Waals surface area contributed by atoms with E-state index in [-0.39, 0.29) is 12.1 Å². The summed E-state index contributed by atoms with van der Waals surface area (Å²) < 4.78 is 4.77. The zero-order valence-corrected chi connectivity index (χ0v) is 7.95. The van der Waals surface area contributed by atoms with Gasteiger partial charge in [0.1, 0.15) is 0 Å². The van der Waals surface area contributed by atoms with Gasteiger partial charge in [-0.05, 0) is 19.8 Å². The molecule has 0 aromatic rings. The Labute approximate surface area is 78.3 Å². The maximum Gasteiger partial charge on any atom is 0.307 e. The van der Waals surface area contributed by atoms with E-state index < -0.39 is 0 Å². The lowest BCUT2D eigenvalue weighted by atomic mass is 9.89. The highest BCUT2D eigenvalue weighted by Crippen LogP contribution is 2.18. The molecule has 76 valence electrons. The van der Waals surface area contributed by atoms with Gasteiger partial charge in [-0.25, -0.2) is 0 Å². The highest BCUT2D eigenvalue weighted by atomic mass is 16.5. The van der Waals surface area contributed by atoms with E-state index in [0.29, 0.717) is 25.6 Å². The third-order valence-corrected chi connectivity index (χ3v) is 2.18. The summed E-state index contributed by atoms with van der Waals surface area (Å²) in [6, 6.07) is 0.393. The number of carbonyl (C=O) groups is 1. The zero-order chi connectivity index (χ0) is 9.68. The van der Waals surface area contributed by atoms with Crippen LogP contribution in [0, 0.1) is 0 Å². The lowest BCUT2D eigenvalue weighted by Crippen LogP contribution is -2.44. The van der Waals surface area contributed by atoms with E-state index in [1.54, 1.807) is 6.92 Å². The Hall–Kier alpha value is -0.610. The first-order chi connectivity index (χ1) is 6.22. The van der Waals surface area contributed by atoms with Gasteiger partial charge in [-0.3, -0.25) is 4.79 Å². The molecule has 2 N–H and O–H groups in total. The highest BCUT2D eigenvalue weighted by Gasteiger charge is 2.26. The molecule has 0 amide bonds. The number of nitrogens with one attached hydrogen (secondary N) is 1. The van der Waals surface area contributed by atoms with Crippen LogP contribution in [0.1, 0.15) is 26.2 Å². The Morgan fingerprint density at radius 2 is 2.31 bits per heavy atom. The first-order valence-electron chi connectivity index (χ1n) is 4.79. The van der Waals surface area contributed by atoms with Crippen molar-refractivity contribution in [3.05, 3.63) is 0 Å². The van der Waals surface area contributed by atoms with Crippen LogP contribution in [0.5, 0.6) is 0 Å². The van der Waals surface area contributed by atoms with Crippen LogP contribution in [0.3, 0.4) is 0 Å².